The number of hydrogen-bond donors (Lipinski definition) is 4. The van der Waals surface area contributed by atoms with Crippen LogP contribution in [0.4, 0.5) is 0 Å². The molecule has 4 N–H and O–H groups in total. The number of carbonyl (C=O) groups is 2. The van der Waals surface area contributed by atoms with Gasteiger partial charge < -0.3 is 25.2 Å². The first kappa shape index (κ1) is 27.5. The fraction of sp³-hybridized carbons (Fsp3) is 0.769. The van der Waals surface area contributed by atoms with Gasteiger partial charge in [0.1, 0.15) is 6.10 Å². The third kappa shape index (κ3) is 7.66. The van der Waals surface area contributed by atoms with Gasteiger partial charge in [0, 0.05) is 12.3 Å². The van der Waals surface area contributed by atoms with Gasteiger partial charge in [-0.15, -0.1) is 0 Å². The van der Waals surface area contributed by atoms with Crippen LogP contribution in [0.1, 0.15) is 66.7 Å². The molecule has 2 aliphatic carbocycles. The molecule has 7 atom stereocenters. The van der Waals surface area contributed by atoms with Gasteiger partial charge >= 0.3 is 11.9 Å². The average molecular weight is 467 g/mol. The Kier molecular flexibility index (Phi) is 10.1. The van der Waals surface area contributed by atoms with E-state index in [2.05, 4.69) is 13.0 Å². The largest absolute Gasteiger partial charge is 0.481 e. The zero-order valence-electron chi connectivity index (χ0n) is 20.6. The first-order valence-electron chi connectivity index (χ1n) is 12.3. The molecule has 7 heteroatoms. The quantitative estimate of drug-likeness (QED) is 0.344. The Balaban J connectivity index is 2.15. The van der Waals surface area contributed by atoms with Crippen LogP contribution in [0.3, 0.4) is 0 Å². The van der Waals surface area contributed by atoms with Gasteiger partial charge in [-0.1, -0.05) is 52.8 Å². The van der Waals surface area contributed by atoms with Crippen molar-refractivity contribution in [1.82, 2.24) is 0 Å². The van der Waals surface area contributed by atoms with Gasteiger partial charge in [0.15, 0.2) is 0 Å². The van der Waals surface area contributed by atoms with Crippen molar-refractivity contribution in [2.24, 2.45) is 35.5 Å². The zero-order valence-corrected chi connectivity index (χ0v) is 20.6. The molecule has 0 fully saturated rings. The van der Waals surface area contributed by atoms with Crippen LogP contribution in [0.2, 0.25) is 0 Å². The summed E-state index contributed by atoms with van der Waals surface area (Å²) in [7, 11) is 0. The standard InChI is InChI=1S/C26H42O7/c1-14(2)24(15(3)4)26(32)33-22-12-19(28)10-17-7-6-16(5)21(25(17)22)9-8-18(27)11-20(29)13-23(30)31/h6-7,10,14-16,18-22,24-25,27-29H,8-9,11-13H2,1-5H3,(H,30,31). The summed E-state index contributed by atoms with van der Waals surface area (Å²) in [5.74, 6) is -1.04. The fourth-order valence-electron chi connectivity index (χ4n) is 5.63. The second-order valence-corrected chi connectivity index (χ2v) is 10.6. The Bertz CT molecular complexity index is 718. The number of esters is 1. The number of aliphatic hydroxyl groups is 3. The number of rotatable bonds is 11. The molecule has 2 aliphatic rings. The summed E-state index contributed by atoms with van der Waals surface area (Å²) in [6.45, 7) is 10.2. The molecule has 33 heavy (non-hydrogen) atoms. The van der Waals surface area contributed by atoms with Crippen molar-refractivity contribution in [2.75, 3.05) is 0 Å². The molecule has 0 aromatic rings. The second-order valence-electron chi connectivity index (χ2n) is 10.6. The number of carboxylic acid groups (broad SMARTS) is 1. The summed E-state index contributed by atoms with van der Waals surface area (Å²) in [6.07, 6.45) is 3.91. The number of fused-ring (bicyclic) bond motifs is 1. The summed E-state index contributed by atoms with van der Waals surface area (Å²) < 4.78 is 6.07. The van der Waals surface area contributed by atoms with Crippen molar-refractivity contribution in [2.45, 2.75) is 91.1 Å². The lowest BCUT2D eigenvalue weighted by Gasteiger charge is -2.43. The van der Waals surface area contributed by atoms with Crippen LogP contribution >= 0.6 is 0 Å². The third-order valence-electron chi connectivity index (χ3n) is 7.14. The highest BCUT2D eigenvalue weighted by Gasteiger charge is 2.43. The fourth-order valence-corrected chi connectivity index (χ4v) is 5.63. The molecule has 0 aromatic carbocycles. The van der Waals surface area contributed by atoms with E-state index in [1.54, 1.807) is 0 Å². The molecular formula is C26H42O7. The van der Waals surface area contributed by atoms with Gasteiger partial charge in [0.25, 0.3) is 0 Å². The number of carboxylic acids is 1. The molecule has 0 aromatic heterocycles. The topological polar surface area (TPSA) is 124 Å². The van der Waals surface area contributed by atoms with Crippen LogP contribution in [-0.4, -0.2) is 56.8 Å². The Morgan fingerprint density at radius 1 is 1.12 bits per heavy atom. The van der Waals surface area contributed by atoms with E-state index in [9.17, 15) is 24.9 Å². The number of hydrogen-bond acceptors (Lipinski definition) is 6. The number of carbonyl (C=O) groups excluding carboxylic acids is 1. The van der Waals surface area contributed by atoms with Crippen molar-refractivity contribution < 1.29 is 34.8 Å². The minimum atomic E-state index is -1.10. The molecule has 0 radical (unpaired) electrons. The summed E-state index contributed by atoms with van der Waals surface area (Å²) in [4.78, 5) is 23.8. The van der Waals surface area contributed by atoms with Crippen LogP contribution < -0.4 is 0 Å². The maximum atomic E-state index is 13.1. The van der Waals surface area contributed by atoms with E-state index in [1.807, 2.05) is 39.8 Å². The molecule has 7 unspecified atom stereocenters. The minimum Gasteiger partial charge on any atom is -0.481 e. The van der Waals surface area contributed by atoms with Gasteiger partial charge in [-0.25, -0.2) is 0 Å². The summed E-state index contributed by atoms with van der Waals surface area (Å²) >= 11 is 0. The van der Waals surface area contributed by atoms with Crippen molar-refractivity contribution in [3.63, 3.8) is 0 Å². The smallest absolute Gasteiger partial charge is 0.309 e. The first-order valence-corrected chi connectivity index (χ1v) is 12.3. The molecule has 0 spiro atoms. The number of aliphatic hydroxyl groups excluding tert-OH is 3. The predicted molar refractivity (Wildman–Crippen MR) is 125 cm³/mol. The monoisotopic (exact) mass is 466 g/mol. The lowest BCUT2D eigenvalue weighted by Crippen LogP contribution is -2.44. The summed E-state index contributed by atoms with van der Waals surface area (Å²) in [6, 6.07) is 0. The maximum Gasteiger partial charge on any atom is 0.309 e. The second kappa shape index (κ2) is 12.1. The first-order chi connectivity index (χ1) is 15.4. The highest BCUT2D eigenvalue weighted by Crippen LogP contribution is 2.44. The minimum absolute atomic E-state index is 0.0121. The van der Waals surface area contributed by atoms with E-state index in [0.717, 1.165) is 5.57 Å². The van der Waals surface area contributed by atoms with E-state index in [-0.39, 0.29) is 47.9 Å². The van der Waals surface area contributed by atoms with Crippen LogP contribution in [0.5, 0.6) is 0 Å². The number of aliphatic carboxylic acids is 1. The Labute approximate surface area is 197 Å². The Morgan fingerprint density at radius 3 is 2.33 bits per heavy atom. The summed E-state index contributed by atoms with van der Waals surface area (Å²) in [5.41, 5.74) is 0.959. The normalized spacial score (nSPS) is 29.1. The van der Waals surface area contributed by atoms with Gasteiger partial charge in [-0.2, -0.15) is 0 Å². The van der Waals surface area contributed by atoms with E-state index in [4.69, 9.17) is 9.84 Å². The molecular weight excluding hydrogens is 424 g/mol. The molecule has 2 rings (SSSR count). The highest BCUT2D eigenvalue weighted by atomic mass is 16.5. The van der Waals surface area contributed by atoms with Crippen molar-refractivity contribution in [3.8, 4) is 0 Å². The van der Waals surface area contributed by atoms with Crippen molar-refractivity contribution in [3.05, 3.63) is 23.8 Å². The molecule has 0 amide bonds. The molecule has 0 saturated carbocycles. The van der Waals surface area contributed by atoms with E-state index >= 15 is 0 Å². The lowest BCUT2D eigenvalue weighted by molar-refractivity contribution is -0.163. The van der Waals surface area contributed by atoms with Gasteiger partial charge in [0.2, 0.25) is 0 Å². The Morgan fingerprint density at radius 2 is 1.76 bits per heavy atom. The van der Waals surface area contributed by atoms with Gasteiger partial charge in [-0.3, -0.25) is 9.59 Å². The maximum absolute atomic E-state index is 13.1. The lowest BCUT2D eigenvalue weighted by atomic mass is 9.66. The Hall–Kier alpha value is -1.70. The third-order valence-corrected chi connectivity index (χ3v) is 7.14. The van der Waals surface area contributed by atoms with E-state index in [1.165, 1.54) is 0 Å². The molecule has 188 valence electrons. The molecule has 7 nitrogen and oxygen atoms in total. The van der Waals surface area contributed by atoms with Crippen LogP contribution in [0.15, 0.2) is 23.8 Å². The van der Waals surface area contributed by atoms with E-state index in [0.29, 0.717) is 19.3 Å². The average Bonchev–Trinajstić information content (AvgIpc) is 2.65. The number of allylic oxidation sites excluding steroid dienone is 2. The molecule has 0 bridgehead atoms. The van der Waals surface area contributed by atoms with Crippen LogP contribution in [0.25, 0.3) is 0 Å². The predicted octanol–water partition coefficient (Wildman–Crippen LogP) is 3.32. The van der Waals surface area contributed by atoms with E-state index < -0.39 is 36.8 Å². The van der Waals surface area contributed by atoms with Crippen LogP contribution in [0, 0.1) is 35.5 Å². The number of ether oxygens (including phenoxy) is 1. The summed E-state index contributed by atoms with van der Waals surface area (Å²) in [5, 5.41) is 39.4. The van der Waals surface area contributed by atoms with Crippen molar-refractivity contribution in [1.29, 1.82) is 0 Å². The zero-order chi connectivity index (χ0) is 24.9. The SMILES string of the molecule is CC(C)C(C(=O)OC1CC(O)C=C2C=CC(C)C(CCC(O)CC(O)CC(=O)O)C21)C(C)C. The molecule has 0 aliphatic heterocycles. The molecule has 0 heterocycles. The highest BCUT2D eigenvalue weighted by molar-refractivity contribution is 5.73. The van der Waals surface area contributed by atoms with Gasteiger partial charge in [0.05, 0.1) is 30.7 Å². The molecule has 0 saturated heterocycles. The van der Waals surface area contributed by atoms with Crippen LogP contribution in [-0.2, 0) is 14.3 Å². The van der Waals surface area contributed by atoms with Crippen molar-refractivity contribution >= 4 is 11.9 Å². The van der Waals surface area contributed by atoms with Gasteiger partial charge in [-0.05, 0) is 48.5 Å².